The van der Waals surface area contributed by atoms with Crippen LogP contribution in [0.25, 0.3) is 0 Å². The molecule has 0 radical (unpaired) electrons. The van der Waals surface area contributed by atoms with E-state index < -0.39 is 12.2 Å². The second-order valence-electron chi connectivity index (χ2n) is 8.01. The van der Waals surface area contributed by atoms with E-state index >= 15 is 0 Å². The van der Waals surface area contributed by atoms with Crippen molar-refractivity contribution in [2.24, 2.45) is 11.8 Å². The van der Waals surface area contributed by atoms with E-state index in [9.17, 15) is 0 Å². The quantitative estimate of drug-likeness (QED) is 0.0674. The summed E-state index contributed by atoms with van der Waals surface area (Å²) in [6.07, 6.45) is 3.98. The Hall–Kier alpha value is 2.72. The van der Waals surface area contributed by atoms with E-state index in [2.05, 4.69) is 41.5 Å². The Morgan fingerprint density at radius 2 is 0.839 bits per heavy atom. The van der Waals surface area contributed by atoms with Crippen LogP contribution < -0.4 is 0 Å². The molecule has 0 amide bonds. The largest absolute Gasteiger partial charge is 2.00 e. The molecule has 184 valence electrons. The van der Waals surface area contributed by atoms with E-state index in [1.165, 1.54) is 12.8 Å². The standard InChI is InChI=1S/2C10H23O2PS2.Zn/c2*1-4-5-6-8-11-13(14,15)12-9-7-10(2)3;/h2*10H,4-9H2,1-3H3,(H,14,15);/q;;+2/p-2. The second-order valence-corrected chi connectivity index (χ2v) is 18.0. The van der Waals surface area contributed by atoms with Crippen LogP contribution in [0.1, 0.15) is 92.9 Å². The van der Waals surface area contributed by atoms with Gasteiger partial charge in [-0.25, -0.2) is 0 Å². The van der Waals surface area contributed by atoms with Crippen LogP contribution in [0.4, 0.5) is 0 Å². The third-order valence-corrected chi connectivity index (χ3v) is 8.41. The second kappa shape index (κ2) is 24.4. The average molecular weight is 604 g/mol. The van der Waals surface area contributed by atoms with Crippen LogP contribution >= 0.6 is 12.2 Å². The van der Waals surface area contributed by atoms with Gasteiger partial charge in [-0.05, 0) is 37.5 Å². The predicted octanol–water partition coefficient (Wildman–Crippen LogP) is 8.05. The molecule has 0 N–H and O–H groups in total. The fourth-order valence-corrected chi connectivity index (χ4v) is 5.23. The molecule has 0 atom stereocenters. The molecule has 0 aromatic rings. The molecule has 0 saturated carbocycles. The van der Waals surface area contributed by atoms with Crippen LogP contribution in [0.3, 0.4) is 0 Å². The Balaban J connectivity index is -0.000000490. The molecule has 0 spiro atoms. The van der Waals surface area contributed by atoms with Gasteiger partial charge in [0.15, 0.2) is 0 Å². The maximum absolute atomic E-state index is 5.44. The Kier molecular flexibility index (Phi) is 30.1. The van der Waals surface area contributed by atoms with E-state index in [1.807, 2.05) is 0 Å². The summed E-state index contributed by atoms with van der Waals surface area (Å²) in [5.41, 5.74) is 0. The Morgan fingerprint density at radius 3 is 1.10 bits per heavy atom. The summed E-state index contributed by atoms with van der Waals surface area (Å²) in [5, 5.41) is 0. The van der Waals surface area contributed by atoms with Crippen molar-refractivity contribution in [1.82, 2.24) is 0 Å². The summed E-state index contributed by atoms with van der Waals surface area (Å²) in [7, 11) is 0. The Labute approximate surface area is 228 Å². The van der Waals surface area contributed by atoms with Crippen molar-refractivity contribution in [3.63, 3.8) is 0 Å². The van der Waals surface area contributed by atoms with Crippen LogP contribution in [-0.2, 0) is 86.6 Å². The van der Waals surface area contributed by atoms with Gasteiger partial charge >= 0.3 is 19.5 Å². The molecule has 0 saturated heterocycles. The number of hydrogen-bond acceptors (Lipinski definition) is 8. The van der Waals surface area contributed by atoms with Crippen molar-refractivity contribution >= 4 is 61.2 Å². The van der Waals surface area contributed by atoms with E-state index in [0.717, 1.165) is 38.5 Å². The maximum Gasteiger partial charge on any atom is 2.00 e. The van der Waals surface area contributed by atoms with Crippen LogP contribution in [0.5, 0.6) is 0 Å². The van der Waals surface area contributed by atoms with Crippen molar-refractivity contribution in [3.05, 3.63) is 0 Å². The average Bonchev–Trinajstić information content (AvgIpc) is 2.62. The Bertz CT molecular complexity index is 349. The van der Waals surface area contributed by atoms with Crippen molar-refractivity contribution in [1.29, 1.82) is 0 Å². The van der Waals surface area contributed by atoms with Gasteiger partial charge in [-0.1, -0.05) is 67.2 Å². The Morgan fingerprint density at radius 1 is 0.548 bits per heavy atom. The first kappa shape index (κ1) is 38.3. The van der Waals surface area contributed by atoms with Crippen LogP contribution in [-0.4, -0.2) is 26.4 Å². The van der Waals surface area contributed by atoms with E-state index in [0.29, 0.717) is 38.3 Å². The zero-order chi connectivity index (χ0) is 23.5. The zero-order valence-corrected chi connectivity index (χ0v) is 28.5. The molecule has 0 rings (SSSR count). The van der Waals surface area contributed by atoms with Gasteiger partial charge in [0.2, 0.25) is 0 Å². The van der Waals surface area contributed by atoms with Gasteiger partial charge in [-0.3, -0.25) is 18.1 Å². The van der Waals surface area contributed by atoms with Crippen LogP contribution in [0, 0.1) is 11.8 Å². The number of rotatable bonds is 18. The zero-order valence-electron chi connectivity index (χ0n) is 20.5. The summed E-state index contributed by atoms with van der Waals surface area (Å²) >= 11 is 20.5. The fraction of sp³-hybridized carbons (Fsp3) is 1.00. The first-order valence-electron chi connectivity index (χ1n) is 11.2. The summed E-state index contributed by atoms with van der Waals surface area (Å²) in [5.74, 6) is 1.24. The first-order valence-corrected chi connectivity index (χ1v) is 18.5. The van der Waals surface area contributed by atoms with Crippen molar-refractivity contribution in [2.45, 2.75) is 92.9 Å². The molecule has 0 aliphatic rings. The van der Waals surface area contributed by atoms with Gasteiger partial charge in [0.25, 0.3) is 0 Å². The molecule has 0 heterocycles. The number of hydrogen-bond donors (Lipinski definition) is 0. The first-order chi connectivity index (χ1) is 14.0. The molecule has 4 nitrogen and oxygen atoms in total. The van der Waals surface area contributed by atoms with Crippen LogP contribution in [0.2, 0.25) is 0 Å². The molecule has 0 aliphatic heterocycles. The molecule has 0 fully saturated rings. The molecule has 11 heteroatoms. The molecular weight excluding hydrogens is 560 g/mol. The smallest absolute Gasteiger partial charge is 0.516 e. The van der Waals surface area contributed by atoms with E-state index in [4.69, 9.17) is 67.1 Å². The van der Waals surface area contributed by atoms with Gasteiger partial charge in [0.05, 0.1) is 26.4 Å². The molecule has 0 unspecified atom stereocenters. The normalized spacial score (nSPS) is 12.0. The molecule has 0 aromatic carbocycles. The molecule has 0 bridgehead atoms. The molecule has 31 heavy (non-hydrogen) atoms. The molecule has 0 aromatic heterocycles. The van der Waals surface area contributed by atoms with Gasteiger partial charge in [0.1, 0.15) is 0 Å². The summed E-state index contributed by atoms with van der Waals surface area (Å²) in [6, 6.07) is 0. The SMILES string of the molecule is CCCCCO[P+]([S-])([S-])OCCC(C)C.CCCCCO[P+]([S-])([S-])OCCC(C)C.[Zn+2]. The molecule has 0 aliphatic carbocycles. The monoisotopic (exact) mass is 602 g/mol. The maximum atomic E-state index is 5.44. The van der Waals surface area contributed by atoms with Gasteiger partial charge in [-0.15, -0.1) is 0 Å². The van der Waals surface area contributed by atoms with Crippen molar-refractivity contribution < 1.29 is 37.6 Å². The fourth-order valence-electron chi connectivity index (χ4n) is 1.93. The van der Waals surface area contributed by atoms with Crippen LogP contribution in [0.15, 0.2) is 0 Å². The van der Waals surface area contributed by atoms with Crippen molar-refractivity contribution in [2.75, 3.05) is 26.4 Å². The molecular formula is C20H44O4P2S4Zn. The van der Waals surface area contributed by atoms with E-state index in [1.54, 1.807) is 0 Å². The third-order valence-electron chi connectivity index (χ3n) is 3.88. The van der Waals surface area contributed by atoms with Gasteiger partial charge in [-0.2, -0.15) is 0 Å². The van der Waals surface area contributed by atoms with Gasteiger partial charge in [0, 0.05) is 12.2 Å². The minimum atomic E-state index is -2.37. The van der Waals surface area contributed by atoms with E-state index in [-0.39, 0.29) is 19.5 Å². The van der Waals surface area contributed by atoms with Gasteiger partial charge < -0.3 is 49.0 Å². The summed E-state index contributed by atoms with van der Waals surface area (Å²) in [4.78, 5) is 0. The summed E-state index contributed by atoms with van der Waals surface area (Å²) < 4.78 is 21.7. The number of unbranched alkanes of at least 4 members (excludes halogenated alkanes) is 4. The summed E-state index contributed by atoms with van der Waals surface area (Å²) in [6.45, 7) is 15.5. The minimum Gasteiger partial charge on any atom is -0.516 e. The van der Waals surface area contributed by atoms with Crippen molar-refractivity contribution in [3.8, 4) is 0 Å². The predicted molar refractivity (Wildman–Crippen MR) is 145 cm³/mol. The minimum absolute atomic E-state index is 0. The topological polar surface area (TPSA) is 36.9 Å². The third kappa shape index (κ3) is 32.7.